The number of rotatable bonds is 12. The molecule has 0 bridgehead atoms. The Balaban J connectivity index is 1.71. The molecule has 0 saturated carbocycles. The lowest BCUT2D eigenvalue weighted by Crippen LogP contribution is -2.42. The Hall–Kier alpha value is -1.90. The number of benzene rings is 2. The van der Waals surface area contributed by atoms with Gasteiger partial charge in [0.05, 0.1) is 54.3 Å². The molecule has 2 aliphatic heterocycles. The van der Waals surface area contributed by atoms with Crippen LogP contribution in [0, 0.1) is 0 Å². The largest absolute Gasteiger partial charge is 0.346 e. The molecule has 0 amide bonds. The van der Waals surface area contributed by atoms with Crippen molar-refractivity contribution in [3.8, 4) is 0 Å². The number of allylic oxidation sites excluding steroid dienone is 2. The molecular weight excluding hydrogens is 682 g/mol. The first-order valence-corrected chi connectivity index (χ1v) is 18.2. The van der Waals surface area contributed by atoms with E-state index >= 15 is 0 Å². The molecule has 0 saturated heterocycles. The minimum absolute atomic E-state index is 0.168. The van der Waals surface area contributed by atoms with Crippen molar-refractivity contribution < 1.29 is 25.9 Å². The van der Waals surface area contributed by atoms with E-state index in [1.807, 2.05) is 46.8 Å². The van der Waals surface area contributed by atoms with Crippen LogP contribution in [0.15, 0.2) is 48.3 Å². The minimum atomic E-state index is -4.14. The molecular formula is C27H32Cl4N4O6S2. The van der Waals surface area contributed by atoms with Crippen LogP contribution in [-0.4, -0.2) is 69.8 Å². The van der Waals surface area contributed by atoms with Crippen LogP contribution in [0.5, 0.6) is 0 Å². The van der Waals surface area contributed by atoms with Crippen LogP contribution >= 0.6 is 46.4 Å². The van der Waals surface area contributed by atoms with Crippen molar-refractivity contribution in [2.75, 3.05) is 57.3 Å². The van der Waals surface area contributed by atoms with Gasteiger partial charge in [0.25, 0.3) is 20.2 Å². The van der Waals surface area contributed by atoms with Crippen LogP contribution in [0.25, 0.3) is 0 Å². The lowest BCUT2D eigenvalue weighted by atomic mass is 10.2. The van der Waals surface area contributed by atoms with Crippen LogP contribution in [0.3, 0.4) is 0 Å². The van der Waals surface area contributed by atoms with Gasteiger partial charge < -0.3 is 19.6 Å². The predicted molar refractivity (Wildman–Crippen MR) is 177 cm³/mol. The smallest absolute Gasteiger partial charge is 0.264 e. The zero-order chi connectivity index (χ0) is 31.7. The monoisotopic (exact) mass is 712 g/mol. The average molecular weight is 715 g/mol. The summed E-state index contributed by atoms with van der Waals surface area (Å²) in [6.07, 6.45) is 5.75. The average Bonchev–Trinajstić information content (AvgIpc) is 3.34. The van der Waals surface area contributed by atoms with Gasteiger partial charge in [-0.05, 0) is 63.1 Å². The summed E-state index contributed by atoms with van der Waals surface area (Å²) in [6, 6.07) is 7.02. The van der Waals surface area contributed by atoms with E-state index in [9.17, 15) is 25.9 Å². The fourth-order valence-electron chi connectivity index (χ4n) is 5.42. The number of fused-ring (bicyclic) bond motifs is 2. The second kappa shape index (κ2) is 13.6. The molecule has 0 fully saturated rings. The molecule has 1 unspecified atom stereocenters. The second-order valence-corrected chi connectivity index (χ2v) is 14.8. The molecule has 2 aromatic rings. The molecule has 16 heteroatoms. The summed E-state index contributed by atoms with van der Waals surface area (Å²) in [7, 11) is -8.28. The van der Waals surface area contributed by atoms with Gasteiger partial charge in [0.15, 0.2) is 0 Å². The molecule has 0 spiro atoms. The maximum atomic E-state index is 11.4. The van der Waals surface area contributed by atoms with Gasteiger partial charge in [0.1, 0.15) is 12.0 Å². The molecule has 2 N–H and O–H groups in total. The van der Waals surface area contributed by atoms with E-state index in [0.29, 0.717) is 39.7 Å². The summed E-state index contributed by atoms with van der Waals surface area (Å²) in [5.74, 6) is -0.0321. The normalized spacial score (nSPS) is 18.0. The van der Waals surface area contributed by atoms with Gasteiger partial charge in [0.2, 0.25) is 0 Å². The van der Waals surface area contributed by atoms with E-state index in [2.05, 4.69) is 4.90 Å². The molecule has 236 valence electrons. The number of likely N-dealkylation sites (N-methyl/N-ethyl adjacent to an activating group) is 1. The van der Waals surface area contributed by atoms with E-state index in [4.69, 9.17) is 46.4 Å². The fourth-order valence-corrected chi connectivity index (χ4v) is 7.04. The molecule has 10 nitrogen and oxygen atoms in total. The Morgan fingerprint density at radius 1 is 0.698 bits per heavy atom. The van der Waals surface area contributed by atoms with Crippen molar-refractivity contribution in [2.24, 2.45) is 0 Å². The first-order valence-electron chi connectivity index (χ1n) is 13.5. The molecule has 43 heavy (non-hydrogen) atoms. The standard InChI is InChI=1S/C27H32Cl4N4O6S2/c1-3-32-22-14-18(28)20(30)16-24(22)34(10-6-12-42(36,37)38)26(32)8-5-9-27-33(4-2)23-15-19(29)21(31)17-25(23)35(27)11-7-13-43(39,40)41/h5,8-9,14-17,26H,3-4,6-7,10-13H2,1-2H3,(H,36,37,38)(H,39,40,41)/b8-5+,27-9+. The summed E-state index contributed by atoms with van der Waals surface area (Å²) in [5.41, 5.74) is 3.19. The number of halogens is 4. The summed E-state index contributed by atoms with van der Waals surface area (Å²) >= 11 is 25.4. The maximum absolute atomic E-state index is 11.4. The lowest BCUT2D eigenvalue weighted by molar-refractivity contribution is 0.478. The van der Waals surface area contributed by atoms with Gasteiger partial charge in [-0.15, -0.1) is 0 Å². The van der Waals surface area contributed by atoms with Gasteiger partial charge in [-0.2, -0.15) is 16.8 Å². The molecule has 0 aliphatic carbocycles. The second-order valence-electron chi connectivity index (χ2n) is 9.99. The summed E-state index contributed by atoms with van der Waals surface area (Å²) in [4.78, 5) is 8.07. The van der Waals surface area contributed by atoms with Gasteiger partial charge in [-0.25, -0.2) is 0 Å². The van der Waals surface area contributed by atoms with E-state index in [-0.39, 0.29) is 31.3 Å². The Bertz CT molecular complexity index is 1650. The lowest BCUT2D eigenvalue weighted by Gasteiger charge is -2.30. The fraction of sp³-hybridized carbons (Fsp3) is 0.407. The van der Waals surface area contributed by atoms with Crippen LogP contribution < -0.4 is 19.6 Å². The van der Waals surface area contributed by atoms with E-state index < -0.39 is 26.0 Å². The Morgan fingerprint density at radius 3 is 1.65 bits per heavy atom. The third-order valence-electron chi connectivity index (χ3n) is 7.20. The summed E-state index contributed by atoms with van der Waals surface area (Å²) in [5, 5.41) is 1.49. The Kier molecular flexibility index (Phi) is 10.8. The van der Waals surface area contributed by atoms with Crippen molar-refractivity contribution in [1.29, 1.82) is 0 Å². The van der Waals surface area contributed by atoms with Crippen LogP contribution in [0.4, 0.5) is 22.7 Å². The van der Waals surface area contributed by atoms with Crippen LogP contribution in [0.2, 0.25) is 20.1 Å². The molecule has 2 aliphatic rings. The minimum Gasteiger partial charge on any atom is -0.346 e. The number of hydrogen-bond donors (Lipinski definition) is 2. The zero-order valence-corrected chi connectivity index (χ0v) is 28.1. The molecule has 2 heterocycles. The number of hydrogen-bond acceptors (Lipinski definition) is 8. The quantitative estimate of drug-likeness (QED) is 0.234. The molecule has 4 rings (SSSR count). The Morgan fingerprint density at radius 2 is 1.16 bits per heavy atom. The highest BCUT2D eigenvalue weighted by Crippen LogP contribution is 2.46. The first kappa shape index (κ1) is 34.0. The predicted octanol–water partition coefficient (Wildman–Crippen LogP) is 6.57. The van der Waals surface area contributed by atoms with E-state index in [1.165, 1.54) is 0 Å². The highest BCUT2D eigenvalue weighted by molar-refractivity contribution is 7.86. The highest BCUT2D eigenvalue weighted by Gasteiger charge is 2.35. The molecule has 0 aromatic heterocycles. The van der Waals surface area contributed by atoms with E-state index in [0.717, 1.165) is 28.6 Å². The maximum Gasteiger partial charge on any atom is 0.264 e. The first-order chi connectivity index (χ1) is 20.1. The highest BCUT2D eigenvalue weighted by atomic mass is 35.5. The molecule has 0 radical (unpaired) electrons. The van der Waals surface area contributed by atoms with Crippen LogP contribution in [-0.2, 0) is 20.2 Å². The van der Waals surface area contributed by atoms with E-state index in [1.54, 1.807) is 24.3 Å². The Labute approximate surface area is 272 Å². The van der Waals surface area contributed by atoms with Gasteiger partial charge >= 0.3 is 0 Å². The zero-order valence-electron chi connectivity index (χ0n) is 23.4. The number of nitrogens with zero attached hydrogens (tertiary/aromatic N) is 4. The third kappa shape index (κ3) is 7.85. The van der Waals surface area contributed by atoms with Crippen molar-refractivity contribution in [2.45, 2.75) is 32.9 Å². The molecule has 2 aromatic carbocycles. The van der Waals surface area contributed by atoms with Gasteiger partial charge in [-0.3, -0.25) is 9.11 Å². The number of anilines is 4. The van der Waals surface area contributed by atoms with Crippen LogP contribution in [0.1, 0.15) is 26.7 Å². The molecule has 1 atom stereocenters. The SMILES string of the molecule is CCN1/C(=C\C=C\C2N(CC)c3cc(Cl)c(Cl)cc3N2CCCS(=O)(=O)O)N(CCCS(=O)(=O)O)c2cc(Cl)c(Cl)cc21. The van der Waals surface area contributed by atoms with Gasteiger partial charge in [0, 0.05) is 26.2 Å². The third-order valence-corrected chi connectivity index (χ3v) is 10.3. The summed E-state index contributed by atoms with van der Waals surface area (Å²) < 4.78 is 64.2. The van der Waals surface area contributed by atoms with Crippen molar-refractivity contribution in [1.82, 2.24) is 0 Å². The van der Waals surface area contributed by atoms with Gasteiger partial charge in [-0.1, -0.05) is 52.5 Å². The summed E-state index contributed by atoms with van der Waals surface area (Å²) in [6.45, 7) is 5.75. The van der Waals surface area contributed by atoms with Crippen molar-refractivity contribution in [3.05, 3.63) is 68.4 Å². The van der Waals surface area contributed by atoms with Crippen molar-refractivity contribution >= 4 is 89.4 Å². The van der Waals surface area contributed by atoms with Crippen molar-refractivity contribution in [3.63, 3.8) is 0 Å². The topological polar surface area (TPSA) is 122 Å².